The van der Waals surface area contributed by atoms with Crippen LogP contribution in [0, 0.1) is 27.4 Å². The molecule has 2 rings (SSSR count). The molecular weight excluding hydrogens is 390 g/mol. The minimum Gasteiger partial charge on any atom is -0.494 e. The summed E-state index contributed by atoms with van der Waals surface area (Å²) in [6, 6.07) is 11.6. The molecular formula is C21H21N3O6. The van der Waals surface area contributed by atoms with Crippen molar-refractivity contribution in [1.82, 2.24) is 0 Å². The van der Waals surface area contributed by atoms with Crippen LogP contribution in [0.3, 0.4) is 0 Å². The third-order valence-corrected chi connectivity index (χ3v) is 4.00. The van der Waals surface area contributed by atoms with Gasteiger partial charge in [-0.25, -0.2) is 4.79 Å². The SMILES string of the molecule is CC(C)CCOc1ccc(C(=O)OCC(=O)Nc2ccc([N+](=O)[O-])cc2C#N)cc1. The van der Waals surface area contributed by atoms with Crippen LogP contribution in [0.5, 0.6) is 5.75 Å². The second kappa shape index (κ2) is 10.6. The average molecular weight is 411 g/mol. The molecule has 9 nitrogen and oxygen atoms in total. The molecule has 0 aliphatic heterocycles. The molecule has 2 aromatic rings. The third-order valence-electron chi connectivity index (χ3n) is 4.00. The quantitative estimate of drug-likeness (QED) is 0.378. The summed E-state index contributed by atoms with van der Waals surface area (Å²) in [6.45, 7) is 4.20. The second-order valence-corrected chi connectivity index (χ2v) is 6.78. The maximum Gasteiger partial charge on any atom is 0.338 e. The van der Waals surface area contributed by atoms with Gasteiger partial charge in [-0.2, -0.15) is 5.26 Å². The van der Waals surface area contributed by atoms with Gasteiger partial charge in [0.25, 0.3) is 11.6 Å². The number of carbonyl (C=O) groups is 2. The standard InChI is InChI=1S/C21H21N3O6/c1-14(2)9-10-29-18-6-3-15(4-7-18)21(26)30-13-20(25)23-19-8-5-17(24(27)28)11-16(19)12-22/h3-8,11,14H,9-10,13H2,1-2H3,(H,23,25). The van der Waals surface area contributed by atoms with E-state index in [1.54, 1.807) is 18.2 Å². The Labute approximate surface area is 173 Å². The fourth-order valence-electron chi connectivity index (χ4n) is 2.35. The summed E-state index contributed by atoms with van der Waals surface area (Å²) in [5.74, 6) is -0.210. The van der Waals surface area contributed by atoms with Gasteiger partial charge < -0.3 is 14.8 Å². The van der Waals surface area contributed by atoms with Crippen molar-refractivity contribution in [1.29, 1.82) is 5.26 Å². The minimum atomic E-state index is -0.692. The molecule has 30 heavy (non-hydrogen) atoms. The lowest BCUT2D eigenvalue weighted by molar-refractivity contribution is -0.384. The van der Waals surface area contributed by atoms with E-state index in [-0.39, 0.29) is 22.5 Å². The highest BCUT2D eigenvalue weighted by atomic mass is 16.6. The number of nitrogens with zero attached hydrogens (tertiary/aromatic N) is 2. The number of non-ortho nitro benzene ring substituents is 1. The summed E-state index contributed by atoms with van der Waals surface area (Å²) in [4.78, 5) is 34.2. The number of nitro groups is 1. The van der Waals surface area contributed by atoms with Crippen LogP contribution in [0.15, 0.2) is 42.5 Å². The van der Waals surface area contributed by atoms with E-state index in [2.05, 4.69) is 19.2 Å². The first kappa shape index (κ1) is 22.4. The molecule has 0 atom stereocenters. The van der Waals surface area contributed by atoms with Gasteiger partial charge >= 0.3 is 5.97 Å². The second-order valence-electron chi connectivity index (χ2n) is 6.78. The number of rotatable bonds is 9. The van der Waals surface area contributed by atoms with Crippen LogP contribution in [0.2, 0.25) is 0 Å². The van der Waals surface area contributed by atoms with Crippen molar-refractivity contribution in [2.75, 3.05) is 18.5 Å². The fourth-order valence-corrected chi connectivity index (χ4v) is 2.35. The molecule has 0 radical (unpaired) electrons. The van der Waals surface area contributed by atoms with Gasteiger partial charge in [-0.1, -0.05) is 13.8 Å². The lowest BCUT2D eigenvalue weighted by atomic mass is 10.1. The van der Waals surface area contributed by atoms with Gasteiger partial charge in [0.2, 0.25) is 0 Å². The number of ether oxygens (including phenoxy) is 2. The van der Waals surface area contributed by atoms with Gasteiger partial charge in [0.1, 0.15) is 11.8 Å². The van der Waals surface area contributed by atoms with Crippen molar-refractivity contribution in [3.05, 3.63) is 63.7 Å². The number of carbonyl (C=O) groups excluding carboxylic acids is 2. The third kappa shape index (κ3) is 6.60. The molecule has 0 aliphatic carbocycles. The zero-order chi connectivity index (χ0) is 22.1. The molecule has 0 bridgehead atoms. The van der Waals surface area contributed by atoms with Crippen LogP contribution in [0.25, 0.3) is 0 Å². The number of nitrogens with one attached hydrogen (secondary N) is 1. The Kier molecular flexibility index (Phi) is 7.88. The van der Waals surface area contributed by atoms with E-state index in [0.717, 1.165) is 18.6 Å². The van der Waals surface area contributed by atoms with E-state index in [1.165, 1.54) is 18.2 Å². The minimum absolute atomic E-state index is 0.0723. The van der Waals surface area contributed by atoms with Gasteiger partial charge in [-0.3, -0.25) is 14.9 Å². The summed E-state index contributed by atoms with van der Waals surface area (Å²) in [7, 11) is 0. The van der Waals surface area contributed by atoms with Crippen LogP contribution in [-0.4, -0.2) is 30.0 Å². The zero-order valence-corrected chi connectivity index (χ0v) is 16.6. The maximum atomic E-state index is 12.1. The number of amides is 1. The highest BCUT2D eigenvalue weighted by molar-refractivity contribution is 5.96. The van der Waals surface area contributed by atoms with Crippen molar-refractivity contribution in [3.8, 4) is 11.8 Å². The van der Waals surface area contributed by atoms with Crippen molar-refractivity contribution in [3.63, 3.8) is 0 Å². The van der Waals surface area contributed by atoms with E-state index in [4.69, 9.17) is 14.7 Å². The predicted molar refractivity (Wildman–Crippen MR) is 108 cm³/mol. The smallest absolute Gasteiger partial charge is 0.338 e. The number of hydrogen-bond acceptors (Lipinski definition) is 7. The first-order valence-corrected chi connectivity index (χ1v) is 9.18. The van der Waals surface area contributed by atoms with Crippen LogP contribution in [0.4, 0.5) is 11.4 Å². The molecule has 2 aromatic carbocycles. The van der Waals surface area contributed by atoms with Gasteiger partial charge in [0.15, 0.2) is 6.61 Å². The predicted octanol–water partition coefficient (Wildman–Crippen LogP) is 3.69. The first-order chi connectivity index (χ1) is 14.3. The fraction of sp³-hybridized carbons (Fsp3) is 0.286. The van der Waals surface area contributed by atoms with Crippen LogP contribution in [-0.2, 0) is 9.53 Å². The zero-order valence-electron chi connectivity index (χ0n) is 16.6. The highest BCUT2D eigenvalue weighted by Gasteiger charge is 2.15. The molecule has 0 heterocycles. The van der Waals surface area contributed by atoms with Crippen LogP contribution < -0.4 is 10.1 Å². The molecule has 0 fully saturated rings. The summed E-state index contributed by atoms with van der Waals surface area (Å²) < 4.78 is 10.5. The van der Waals surface area contributed by atoms with Gasteiger partial charge in [-0.15, -0.1) is 0 Å². The molecule has 0 aliphatic rings. The highest BCUT2D eigenvalue weighted by Crippen LogP contribution is 2.21. The Morgan fingerprint density at radius 2 is 1.90 bits per heavy atom. The number of anilines is 1. The molecule has 0 spiro atoms. The van der Waals surface area contributed by atoms with E-state index in [0.29, 0.717) is 18.3 Å². The van der Waals surface area contributed by atoms with E-state index >= 15 is 0 Å². The van der Waals surface area contributed by atoms with E-state index in [9.17, 15) is 19.7 Å². The Morgan fingerprint density at radius 3 is 2.50 bits per heavy atom. The molecule has 0 unspecified atom stereocenters. The van der Waals surface area contributed by atoms with Crippen molar-refractivity contribution < 1.29 is 24.0 Å². The Morgan fingerprint density at radius 1 is 1.20 bits per heavy atom. The summed E-state index contributed by atoms with van der Waals surface area (Å²) in [6.07, 6.45) is 0.918. The topological polar surface area (TPSA) is 132 Å². The Balaban J connectivity index is 1.88. The molecule has 9 heteroatoms. The van der Waals surface area contributed by atoms with Gasteiger partial charge in [-0.05, 0) is 42.7 Å². The summed E-state index contributed by atoms with van der Waals surface area (Å²) >= 11 is 0. The Bertz CT molecular complexity index is 964. The van der Waals surface area contributed by atoms with Gasteiger partial charge in [0.05, 0.1) is 28.3 Å². The lowest BCUT2D eigenvalue weighted by Crippen LogP contribution is -2.21. The molecule has 0 aromatic heterocycles. The Hall–Kier alpha value is -3.93. The maximum absolute atomic E-state index is 12.1. The monoisotopic (exact) mass is 411 g/mol. The summed E-state index contributed by atoms with van der Waals surface area (Å²) in [5, 5.41) is 22.2. The first-order valence-electron chi connectivity index (χ1n) is 9.18. The van der Waals surface area contributed by atoms with E-state index < -0.39 is 23.4 Å². The molecule has 156 valence electrons. The molecule has 0 saturated carbocycles. The number of hydrogen-bond donors (Lipinski definition) is 1. The van der Waals surface area contributed by atoms with E-state index in [1.807, 2.05) is 0 Å². The lowest BCUT2D eigenvalue weighted by Gasteiger charge is -2.09. The number of esters is 1. The number of nitriles is 1. The normalized spacial score (nSPS) is 10.2. The molecule has 1 amide bonds. The van der Waals surface area contributed by atoms with Crippen LogP contribution in [0.1, 0.15) is 36.2 Å². The average Bonchev–Trinajstić information content (AvgIpc) is 2.72. The van der Waals surface area contributed by atoms with Crippen molar-refractivity contribution >= 4 is 23.3 Å². The molecule has 1 N–H and O–H groups in total. The largest absolute Gasteiger partial charge is 0.494 e. The number of nitro benzene ring substituents is 1. The van der Waals surface area contributed by atoms with Crippen molar-refractivity contribution in [2.45, 2.75) is 20.3 Å². The summed E-state index contributed by atoms with van der Waals surface area (Å²) in [5.41, 5.74) is 0.00338. The number of benzene rings is 2. The molecule has 0 saturated heterocycles. The van der Waals surface area contributed by atoms with Crippen molar-refractivity contribution in [2.24, 2.45) is 5.92 Å². The van der Waals surface area contributed by atoms with Gasteiger partial charge in [0, 0.05) is 12.1 Å². The van der Waals surface area contributed by atoms with Crippen LogP contribution >= 0.6 is 0 Å².